The molecular weight excluding hydrogens is 216 g/mol. The molecule has 0 aromatic heterocycles. The lowest BCUT2D eigenvalue weighted by Gasteiger charge is -2.43. The molecule has 0 aromatic rings. The van der Waals surface area contributed by atoms with Gasteiger partial charge in [-0.05, 0) is 33.7 Å². The standard InChI is InChI=1S/C13H26N2O2/c1-13(2)10-16-7-6-15(13)9-12-5-4-11(17-12)8-14-3/h11-12,14H,4-10H2,1-3H3. The van der Waals surface area contributed by atoms with Crippen LogP contribution in [0.15, 0.2) is 0 Å². The number of rotatable bonds is 4. The summed E-state index contributed by atoms with van der Waals surface area (Å²) in [5.74, 6) is 0. The molecule has 100 valence electrons. The zero-order valence-electron chi connectivity index (χ0n) is 11.4. The second kappa shape index (κ2) is 5.65. The lowest BCUT2D eigenvalue weighted by atomic mass is 10.0. The van der Waals surface area contributed by atoms with Crippen LogP contribution >= 0.6 is 0 Å². The molecule has 4 nitrogen and oxygen atoms in total. The van der Waals surface area contributed by atoms with Crippen molar-refractivity contribution in [1.29, 1.82) is 0 Å². The van der Waals surface area contributed by atoms with Crippen molar-refractivity contribution in [2.75, 3.05) is 39.9 Å². The van der Waals surface area contributed by atoms with Gasteiger partial charge in [0.1, 0.15) is 0 Å². The van der Waals surface area contributed by atoms with Crippen molar-refractivity contribution in [3.63, 3.8) is 0 Å². The summed E-state index contributed by atoms with van der Waals surface area (Å²) in [7, 11) is 1.99. The summed E-state index contributed by atoms with van der Waals surface area (Å²) >= 11 is 0. The highest BCUT2D eigenvalue weighted by Crippen LogP contribution is 2.25. The molecule has 0 bridgehead atoms. The Kier molecular flexibility index (Phi) is 4.42. The van der Waals surface area contributed by atoms with Crippen LogP contribution in [0.2, 0.25) is 0 Å². The van der Waals surface area contributed by atoms with Crippen molar-refractivity contribution in [3.05, 3.63) is 0 Å². The number of ether oxygens (including phenoxy) is 2. The van der Waals surface area contributed by atoms with E-state index in [4.69, 9.17) is 9.47 Å². The second-order valence-electron chi connectivity index (χ2n) is 5.83. The van der Waals surface area contributed by atoms with E-state index in [-0.39, 0.29) is 5.54 Å². The molecule has 2 aliphatic heterocycles. The first-order chi connectivity index (χ1) is 8.12. The average Bonchev–Trinajstić information content (AvgIpc) is 2.70. The zero-order chi connectivity index (χ0) is 12.3. The third-order valence-electron chi connectivity index (χ3n) is 3.87. The molecule has 1 N–H and O–H groups in total. The molecule has 0 amide bonds. The van der Waals surface area contributed by atoms with Crippen LogP contribution < -0.4 is 5.32 Å². The average molecular weight is 242 g/mol. The molecule has 2 aliphatic rings. The molecule has 0 aliphatic carbocycles. The predicted octanol–water partition coefficient (Wildman–Crippen LogP) is 0.864. The highest BCUT2D eigenvalue weighted by atomic mass is 16.5. The van der Waals surface area contributed by atoms with E-state index in [1.165, 1.54) is 12.8 Å². The Labute approximate surface area is 105 Å². The predicted molar refractivity (Wildman–Crippen MR) is 68.3 cm³/mol. The first-order valence-corrected chi connectivity index (χ1v) is 6.74. The van der Waals surface area contributed by atoms with Crippen LogP contribution in [-0.2, 0) is 9.47 Å². The third-order valence-corrected chi connectivity index (χ3v) is 3.87. The largest absolute Gasteiger partial charge is 0.378 e. The van der Waals surface area contributed by atoms with E-state index in [1.807, 2.05) is 7.05 Å². The van der Waals surface area contributed by atoms with Gasteiger partial charge in [0.25, 0.3) is 0 Å². The number of hydrogen-bond acceptors (Lipinski definition) is 4. The smallest absolute Gasteiger partial charge is 0.0707 e. The summed E-state index contributed by atoms with van der Waals surface area (Å²) < 4.78 is 11.6. The first kappa shape index (κ1) is 13.3. The summed E-state index contributed by atoms with van der Waals surface area (Å²) in [4.78, 5) is 2.52. The monoisotopic (exact) mass is 242 g/mol. The van der Waals surface area contributed by atoms with Gasteiger partial charge in [-0.1, -0.05) is 0 Å². The van der Waals surface area contributed by atoms with Crippen LogP contribution in [0.4, 0.5) is 0 Å². The van der Waals surface area contributed by atoms with Crippen LogP contribution in [0, 0.1) is 0 Å². The minimum Gasteiger partial charge on any atom is -0.378 e. The van der Waals surface area contributed by atoms with Crippen molar-refractivity contribution in [1.82, 2.24) is 10.2 Å². The fourth-order valence-electron chi connectivity index (χ4n) is 2.77. The molecule has 2 fully saturated rings. The van der Waals surface area contributed by atoms with Gasteiger partial charge in [-0.25, -0.2) is 0 Å². The quantitative estimate of drug-likeness (QED) is 0.793. The van der Waals surface area contributed by atoms with E-state index in [1.54, 1.807) is 0 Å². The van der Waals surface area contributed by atoms with E-state index in [9.17, 15) is 0 Å². The van der Waals surface area contributed by atoms with Gasteiger partial charge >= 0.3 is 0 Å². The number of hydrogen-bond donors (Lipinski definition) is 1. The highest BCUT2D eigenvalue weighted by molar-refractivity contribution is 4.87. The Balaban J connectivity index is 1.81. The molecule has 17 heavy (non-hydrogen) atoms. The van der Waals surface area contributed by atoms with E-state index in [0.717, 1.165) is 32.8 Å². The summed E-state index contributed by atoms with van der Waals surface area (Å²) in [6.45, 7) is 9.26. The van der Waals surface area contributed by atoms with Crippen LogP contribution in [0.1, 0.15) is 26.7 Å². The van der Waals surface area contributed by atoms with Gasteiger partial charge in [0.15, 0.2) is 0 Å². The SMILES string of the molecule is CNCC1CCC(CN2CCOCC2(C)C)O1. The summed E-state index contributed by atoms with van der Waals surface area (Å²) in [6.07, 6.45) is 3.20. The molecule has 0 aromatic carbocycles. The number of morpholine rings is 1. The van der Waals surface area contributed by atoms with Crippen LogP contribution in [0.3, 0.4) is 0 Å². The Morgan fingerprint density at radius 1 is 1.29 bits per heavy atom. The van der Waals surface area contributed by atoms with Crippen LogP contribution in [-0.4, -0.2) is 62.5 Å². The molecule has 2 unspecified atom stereocenters. The van der Waals surface area contributed by atoms with E-state index in [2.05, 4.69) is 24.1 Å². The van der Waals surface area contributed by atoms with Gasteiger partial charge in [0, 0.05) is 25.2 Å². The van der Waals surface area contributed by atoms with Crippen molar-refractivity contribution in [2.45, 2.75) is 44.4 Å². The Morgan fingerprint density at radius 3 is 2.76 bits per heavy atom. The van der Waals surface area contributed by atoms with Crippen LogP contribution in [0.25, 0.3) is 0 Å². The number of likely N-dealkylation sites (N-methyl/N-ethyl adjacent to an activating group) is 1. The molecular formula is C13H26N2O2. The molecule has 4 heteroatoms. The fourth-order valence-corrected chi connectivity index (χ4v) is 2.77. The van der Waals surface area contributed by atoms with Gasteiger partial charge in [0.2, 0.25) is 0 Å². The maximum absolute atomic E-state index is 6.05. The van der Waals surface area contributed by atoms with E-state index in [0.29, 0.717) is 12.2 Å². The van der Waals surface area contributed by atoms with Gasteiger partial charge in [-0.3, -0.25) is 4.90 Å². The van der Waals surface area contributed by atoms with Gasteiger partial charge in [-0.2, -0.15) is 0 Å². The molecule has 2 atom stereocenters. The molecule has 2 saturated heterocycles. The highest BCUT2D eigenvalue weighted by Gasteiger charge is 2.34. The van der Waals surface area contributed by atoms with Crippen molar-refractivity contribution < 1.29 is 9.47 Å². The second-order valence-corrected chi connectivity index (χ2v) is 5.83. The lowest BCUT2D eigenvalue weighted by molar-refractivity contribution is -0.0746. The Morgan fingerprint density at radius 2 is 2.06 bits per heavy atom. The molecule has 0 radical (unpaired) electrons. The summed E-state index contributed by atoms with van der Waals surface area (Å²) in [5.41, 5.74) is 0.155. The summed E-state index contributed by atoms with van der Waals surface area (Å²) in [5, 5.41) is 3.19. The number of nitrogens with one attached hydrogen (secondary N) is 1. The van der Waals surface area contributed by atoms with Crippen molar-refractivity contribution in [3.8, 4) is 0 Å². The normalized spacial score (nSPS) is 34.1. The Bertz CT molecular complexity index is 246. The third kappa shape index (κ3) is 3.41. The molecule has 2 rings (SSSR count). The van der Waals surface area contributed by atoms with Gasteiger partial charge in [0.05, 0.1) is 25.4 Å². The minimum atomic E-state index is 0.155. The molecule has 0 spiro atoms. The molecule has 2 heterocycles. The maximum atomic E-state index is 6.05. The molecule has 0 saturated carbocycles. The maximum Gasteiger partial charge on any atom is 0.0707 e. The van der Waals surface area contributed by atoms with Gasteiger partial charge < -0.3 is 14.8 Å². The topological polar surface area (TPSA) is 33.7 Å². The van der Waals surface area contributed by atoms with Crippen molar-refractivity contribution >= 4 is 0 Å². The first-order valence-electron chi connectivity index (χ1n) is 6.74. The van der Waals surface area contributed by atoms with Gasteiger partial charge in [-0.15, -0.1) is 0 Å². The fraction of sp³-hybridized carbons (Fsp3) is 1.00. The van der Waals surface area contributed by atoms with Crippen LogP contribution in [0.5, 0.6) is 0 Å². The van der Waals surface area contributed by atoms with E-state index < -0.39 is 0 Å². The van der Waals surface area contributed by atoms with Crippen molar-refractivity contribution in [2.24, 2.45) is 0 Å². The minimum absolute atomic E-state index is 0.155. The Hall–Kier alpha value is -0.160. The lowest BCUT2D eigenvalue weighted by Crippen LogP contribution is -2.55. The van der Waals surface area contributed by atoms with E-state index >= 15 is 0 Å². The number of nitrogens with zero attached hydrogens (tertiary/aromatic N) is 1. The zero-order valence-corrected chi connectivity index (χ0v) is 11.4. The summed E-state index contributed by atoms with van der Waals surface area (Å²) in [6, 6.07) is 0.